The molecule has 0 aliphatic heterocycles. The van der Waals surface area contributed by atoms with Crippen molar-refractivity contribution in [1.82, 2.24) is 10.9 Å². The Morgan fingerprint density at radius 1 is 0.600 bits per heavy atom. The third-order valence-electron chi connectivity index (χ3n) is 6.84. The molecule has 0 atom stereocenters. The SMILES string of the molecule is COc1ccc(C(=O)Oc2ccc(Br)cc2C=NNC(=O)CCCCC(=O)NN=Cc2cc(Br)ccc2OC(=O)c2ccc(OC)cc2)cc1. The summed E-state index contributed by atoms with van der Waals surface area (Å²) in [4.78, 5) is 49.9. The predicted octanol–water partition coefficient (Wildman–Crippen LogP) is 6.83. The highest BCUT2D eigenvalue weighted by molar-refractivity contribution is 9.10. The molecule has 50 heavy (non-hydrogen) atoms. The molecule has 258 valence electrons. The fraction of sp³-hybridized carbons (Fsp3) is 0.167. The van der Waals surface area contributed by atoms with Gasteiger partial charge in [-0.05, 0) is 97.8 Å². The number of benzene rings is 4. The zero-order valence-electron chi connectivity index (χ0n) is 27.0. The lowest BCUT2D eigenvalue weighted by Gasteiger charge is -2.09. The Hall–Kier alpha value is -5.34. The van der Waals surface area contributed by atoms with Gasteiger partial charge >= 0.3 is 11.9 Å². The number of esters is 2. The van der Waals surface area contributed by atoms with E-state index in [1.165, 1.54) is 26.6 Å². The minimum Gasteiger partial charge on any atom is -0.497 e. The van der Waals surface area contributed by atoms with Crippen LogP contribution in [0.4, 0.5) is 0 Å². The monoisotopic (exact) mass is 806 g/mol. The van der Waals surface area contributed by atoms with E-state index < -0.39 is 11.9 Å². The summed E-state index contributed by atoms with van der Waals surface area (Å²) < 4.78 is 22.8. The average Bonchev–Trinajstić information content (AvgIpc) is 3.12. The van der Waals surface area contributed by atoms with E-state index in [4.69, 9.17) is 18.9 Å². The first-order chi connectivity index (χ1) is 24.1. The van der Waals surface area contributed by atoms with Gasteiger partial charge in [0.25, 0.3) is 0 Å². The lowest BCUT2D eigenvalue weighted by molar-refractivity contribution is -0.123. The highest BCUT2D eigenvalue weighted by Gasteiger charge is 2.14. The Balaban J connectivity index is 1.20. The lowest BCUT2D eigenvalue weighted by Crippen LogP contribution is -2.19. The van der Waals surface area contributed by atoms with Crippen molar-refractivity contribution in [3.8, 4) is 23.0 Å². The molecule has 12 nitrogen and oxygen atoms in total. The Morgan fingerprint density at radius 2 is 0.980 bits per heavy atom. The number of ether oxygens (including phenoxy) is 4. The van der Waals surface area contributed by atoms with E-state index in [0.717, 1.165) is 8.95 Å². The van der Waals surface area contributed by atoms with Crippen molar-refractivity contribution in [2.24, 2.45) is 10.2 Å². The van der Waals surface area contributed by atoms with E-state index in [1.54, 1.807) is 84.9 Å². The number of amides is 2. The van der Waals surface area contributed by atoms with Crippen LogP contribution < -0.4 is 29.8 Å². The molecule has 4 aromatic rings. The molecule has 2 N–H and O–H groups in total. The number of hydrogen-bond acceptors (Lipinski definition) is 10. The second-order valence-electron chi connectivity index (χ2n) is 10.4. The highest BCUT2D eigenvalue weighted by atomic mass is 79.9. The van der Waals surface area contributed by atoms with E-state index in [1.807, 2.05) is 0 Å². The first-order valence-corrected chi connectivity index (χ1v) is 16.7. The Morgan fingerprint density at radius 3 is 1.34 bits per heavy atom. The molecule has 0 spiro atoms. The van der Waals surface area contributed by atoms with Gasteiger partial charge in [-0.2, -0.15) is 10.2 Å². The van der Waals surface area contributed by atoms with Crippen LogP contribution in [0.1, 0.15) is 57.5 Å². The molecule has 0 saturated heterocycles. The van der Waals surface area contributed by atoms with E-state index in [0.29, 0.717) is 46.6 Å². The van der Waals surface area contributed by atoms with Gasteiger partial charge in [-0.1, -0.05) is 31.9 Å². The maximum atomic E-state index is 12.6. The van der Waals surface area contributed by atoms with Gasteiger partial charge in [0.15, 0.2) is 0 Å². The molecule has 0 saturated carbocycles. The zero-order chi connectivity index (χ0) is 35.9. The molecule has 2 amide bonds. The quantitative estimate of drug-likeness (QED) is 0.0436. The largest absolute Gasteiger partial charge is 0.497 e. The molecule has 0 bridgehead atoms. The molecule has 0 aromatic heterocycles. The van der Waals surface area contributed by atoms with Crippen LogP contribution in [0, 0.1) is 0 Å². The van der Waals surface area contributed by atoms with Gasteiger partial charge in [-0.25, -0.2) is 20.4 Å². The molecule has 4 rings (SSSR count). The van der Waals surface area contributed by atoms with Crippen molar-refractivity contribution in [2.45, 2.75) is 25.7 Å². The van der Waals surface area contributed by atoms with Crippen LogP contribution in [0.3, 0.4) is 0 Å². The summed E-state index contributed by atoms with van der Waals surface area (Å²) in [6.07, 6.45) is 3.87. The third kappa shape index (κ3) is 11.7. The van der Waals surface area contributed by atoms with Crippen LogP contribution >= 0.6 is 31.9 Å². The number of hydrogen-bond donors (Lipinski definition) is 2. The van der Waals surface area contributed by atoms with Crippen molar-refractivity contribution in [1.29, 1.82) is 0 Å². The maximum Gasteiger partial charge on any atom is 0.343 e. The normalized spacial score (nSPS) is 10.9. The van der Waals surface area contributed by atoms with Gasteiger partial charge in [-0.3, -0.25) is 9.59 Å². The molecule has 0 radical (unpaired) electrons. The summed E-state index contributed by atoms with van der Waals surface area (Å²) in [5.74, 6) is -0.0863. The van der Waals surface area contributed by atoms with Crippen LogP contribution in [0.5, 0.6) is 23.0 Å². The van der Waals surface area contributed by atoms with Crippen molar-refractivity contribution in [2.75, 3.05) is 14.2 Å². The fourth-order valence-electron chi connectivity index (χ4n) is 4.23. The summed E-state index contributed by atoms with van der Waals surface area (Å²) in [5, 5.41) is 7.99. The van der Waals surface area contributed by atoms with E-state index >= 15 is 0 Å². The van der Waals surface area contributed by atoms with Crippen LogP contribution in [0.25, 0.3) is 0 Å². The number of hydrazone groups is 2. The van der Waals surface area contributed by atoms with Gasteiger partial charge in [0.1, 0.15) is 23.0 Å². The van der Waals surface area contributed by atoms with Crippen molar-refractivity contribution in [3.63, 3.8) is 0 Å². The van der Waals surface area contributed by atoms with Crippen molar-refractivity contribution >= 4 is 68.0 Å². The number of carbonyl (C=O) groups excluding carboxylic acids is 4. The molecular formula is C36H32Br2N4O8. The topological polar surface area (TPSA) is 154 Å². The van der Waals surface area contributed by atoms with Gasteiger partial charge < -0.3 is 18.9 Å². The Kier molecular flexibility index (Phi) is 14.2. The fourth-order valence-corrected chi connectivity index (χ4v) is 4.99. The second-order valence-corrected chi connectivity index (χ2v) is 12.2. The number of halogens is 2. The molecule has 14 heteroatoms. The minimum atomic E-state index is -0.562. The molecule has 4 aromatic carbocycles. The average molecular weight is 808 g/mol. The lowest BCUT2D eigenvalue weighted by atomic mass is 10.2. The summed E-state index contributed by atoms with van der Waals surface area (Å²) in [7, 11) is 3.07. The van der Waals surface area contributed by atoms with Crippen molar-refractivity contribution in [3.05, 3.63) is 116 Å². The summed E-state index contributed by atoms with van der Waals surface area (Å²) in [5.41, 5.74) is 6.50. The third-order valence-corrected chi connectivity index (χ3v) is 7.83. The Bertz CT molecular complexity index is 1740. The van der Waals surface area contributed by atoms with E-state index in [9.17, 15) is 19.2 Å². The number of carbonyl (C=O) groups is 4. The molecule has 0 fully saturated rings. The van der Waals surface area contributed by atoms with Crippen molar-refractivity contribution < 1.29 is 38.1 Å². The molecule has 0 heterocycles. The van der Waals surface area contributed by atoms with Crippen LogP contribution in [-0.2, 0) is 9.59 Å². The second kappa shape index (κ2) is 19.0. The maximum absolute atomic E-state index is 12.6. The Labute approximate surface area is 305 Å². The molecule has 0 aliphatic carbocycles. The van der Waals surface area contributed by atoms with E-state index in [-0.39, 0.29) is 36.2 Å². The standard InChI is InChI=1S/C36H32Br2N4O8/c1-47-29-13-7-23(8-14-29)35(45)49-31-17-11-27(37)19-25(31)21-39-41-33(43)5-3-4-6-34(44)42-40-22-26-20-28(38)12-18-32(26)50-36(46)24-9-15-30(48-2)16-10-24/h7-22H,3-6H2,1-2H3,(H,41,43)(H,42,44). The number of unbranched alkanes of at least 4 members (excludes halogenated alkanes) is 1. The zero-order valence-corrected chi connectivity index (χ0v) is 30.2. The van der Waals surface area contributed by atoms with Crippen LogP contribution in [0.15, 0.2) is 104 Å². The van der Waals surface area contributed by atoms with E-state index in [2.05, 4.69) is 52.9 Å². The number of nitrogens with zero attached hydrogens (tertiary/aromatic N) is 2. The smallest absolute Gasteiger partial charge is 0.343 e. The molecule has 0 unspecified atom stereocenters. The molecular weight excluding hydrogens is 776 g/mol. The minimum absolute atomic E-state index is 0.132. The first kappa shape index (κ1) is 37.5. The number of nitrogens with one attached hydrogen (secondary N) is 2. The van der Waals surface area contributed by atoms with Gasteiger partial charge in [0, 0.05) is 32.9 Å². The highest BCUT2D eigenvalue weighted by Crippen LogP contribution is 2.25. The first-order valence-electron chi connectivity index (χ1n) is 15.1. The van der Waals surface area contributed by atoms with Crippen LogP contribution in [-0.4, -0.2) is 50.4 Å². The summed E-state index contributed by atoms with van der Waals surface area (Å²) in [6.45, 7) is 0. The summed E-state index contributed by atoms with van der Waals surface area (Å²) in [6, 6.07) is 23.0. The number of rotatable bonds is 15. The van der Waals surface area contributed by atoms with Gasteiger partial charge in [0.05, 0.1) is 37.8 Å². The molecule has 0 aliphatic rings. The van der Waals surface area contributed by atoms with Gasteiger partial charge in [0.2, 0.25) is 11.8 Å². The number of methoxy groups -OCH3 is 2. The predicted molar refractivity (Wildman–Crippen MR) is 194 cm³/mol. The van der Waals surface area contributed by atoms with Crippen LogP contribution in [0.2, 0.25) is 0 Å². The summed E-state index contributed by atoms with van der Waals surface area (Å²) >= 11 is 6.77. The van der Waals surface area contributed by atoms with Gasteiger partial charge in [-0.15, -0.1) is 0 Å².